The standard InChI is InChI=1S/C11H14BrNO2S/c1-8-6-13(3-2-4-15-8)11(14)9-5-10(12)16-7-9/h5,7-8H,2-4,6H2,1H3. The van der Waals surface area contributed by atoms with Gasteiger partial charge in [0.2, 0.25) is 0 Å². The Labute approximate surface area is 108 Å². The fourth-order valence-electron chi connectivity index (χ4n) is 1.78. The van der Waals surface area contributed by atoms with Crippen LogP contribution >= 0.6 is 27.3 Å². The molecule has 0 radical (unpaired) electrons. The number of amides is 1. The highest BCUT2D eigenvalue weighted by molar-refractivity contribution is 9.11. The Hall–Kier alpha value is -0.390. The van der Waals surface area contributed by atoms with Gasteiger partial charge < -0.3 is 9.64 Å². The molecule has 16 heavy (non-hydrogen) atoms. The highest BCUT2D eigenvalue weighted by atomic mass is 79.9. The van der Waals surface area contributed by atoms with E-state index in [1.165, 1.54) is 0 Å². The van der Waals surface area contributed by atoms with Gasteiger partial charge in [0.1, 0.15) is 0 Å². The quantitative estimate of drug-likeness (QED) is 0.798. The number of carbonyl (C=O) groups excluding carboxylic acids is 1. The molecule has 1 aliphatic rings. The van der Waals surface area contributed by atoms with Crippen LogP contribution in [0.2, 0.25) is 0 Å². The number of hydrogen-bond donors (Lipinski definition) is 0. The van der Waals surface area contributed by atoms with Gasteiger partial charge in [-0.15, -0.1) is 11.3 Å². The molecule has 88 valence electrons. The van der Waals surface area contributed by atoms with Crippen LogP contribution in [0.25, 0.3) is 0 Å². The predicted octanol–water partition coefficient (Wildman–Crippen LogP) is 2.76. The monoisotopic (exact) mass is 303 g/mol. The van der Waals surface area contributed by atoms with Crippen LogP contribution in [0, 0.1) is 0 Å². The van der Waals surface area contributed by atoms with Crippen LogP contribution in [0.5, 0.6) is 0 Å². The van der Waals surface area contributed by atoms with Crippen molar-refractivity contribution in [3.05, 3.63) is 20.8 Å². The molecule has 1 aromatic heterocycles. The van der Waals surface area contributed by atoms with E-state index in [-0.39, 0.29) is 12.0 Å². The molecule has 1 saturated heterocycles. The molecule has 1 aromatic rings. The second-order valence-corrected chi connectivity index (χ2v) is 6.22. The first-order valence-electron chi connectivity index (χ1n) is 5.31. The van der Waals surface area contributed by atoms with E-state index in [1.54, 1.807) is 11.3 Å². The van der Waals surface area contributed by atoms with Gasteiger partial charge in [-0.05, 0) is 35.3 Å². The van der Waals surface area contributed by atoms with Gasteiger partial charge in [-0.25, -0.2) is 0 Å². The van der Waals surface area contributed by atoms with Crippen molar-refractivity contribution in [3.63, 3.8) is 0 Å². The van der Waals surface area contributed by atoms with Gasteiger partial charge in [-0.3, -0.25) is 4.79 Å². The molecule has 0 aromatic carbocycles. The maximum absolute atomic E-state index is 12.2. The van der Waals surface area contributed by atoms with E-state index >= 15 is 0 Å². The van der Waals surface area contributed by atoms with Crippen molar-refractivity contribution >= 4 is 33.2 Å². The van der Waals surface area contributed by atoms with Crippen molar-refractivity contribution in [3.8, 4) is 0 Å². The average Bonchev–Trinajstić information content (AvgIpc) is 2.56. The van der Waals surface area contributed by atoms with E-state index in [0.29, 0.717) is 6.54 Å². The molecule has 3 nitrogen and oxygen atoms in total. The maximum Gasteiger partial charge on any atom is 0.254 e. The molecule has 2 heterocycles. The van der Waals surface area contributed by atoms with Crippen LogP contribution in [0.1, 0.15) is 23.7 Å². The number of halogens is 1. The highest BCUT2D eigenvalue weighted by Crippen LogP contribution is 2.22. The van der Waals surface area contributed by atoms with Crippen LogP contribution in [-0.4, -0.2) is 36.6 Å². The summed E-state index contributed by atoms with van der Waals surface area (Å²) in [5.74, 6) is 0.110. The first-order valence-corrected chi connectivity index (χ1v) is 6.99. The van der Waals surface area contributed by atoms with Crippen molar-refractivity contribution in [2.75, 3.05) is 19.7 Å². The number of carbonyl (C=O) groups is 1. The zero-order valence-corrected chi connectivity index (χ0v) is 11.5. The molecule has 0 saturated carbocycles. The summed E-state index contributed by atoms with van der Waals surface area (Å²) in [7, 11) is 0. The molecule has 0 N–H and O–H groups in total. The molecular formula is C11H14BrNO2S. The number of ether oxygens (including phenoxy) is 1. The largest absolute Gasteiger partial charge is 0.377 e. The maximum atomic E-state index is 12.2. The molecule has 2 rings (SSSR count). The number of thiophene rings is 1. The Balaban J connectivity index is 2.08. The molecule has 5 heteroatoms. The molecule has 0 spiro atoms. The third kappa shape index (κ3) is 2.84. The summed E-state index contributed by atoms with van der Waals surface area (Å²) in [6, 6.07) is 1.88. The zero-order chi connectivity index (χ0) is 11.5. The minimum atomic E-state index is 0.110. The van der Waals surface area contributed by atoms with Crippen molar-refractivity contribution in [2.45, 2.75) is 19.4 Å². The first-order chi connectivity index (χ1) is 7.66. The Morgan fingerprint density at radius 2 is 2.50 bits per heavy atom. The lowest BCUT2D eigenvalue weighted by Crippen LogP contribution is -2.35. The molecule has 0 bridgehead atoms. The van der Waals surface area contributed by atoms with Crippen molar-refractivity contribution in [1.82, 2.24) is 4.90 Å². The summed E-state index contributed by atoms with van der Waals surface area (Å²) in [4.78, 5) is 14.0. The van der Waals surface area contributed by atoms with E-state index in [4.69, 9.17) is 4.74 Å². The van der Waals surface area contributed by atoms with Gasteiger partial charge in [0.15, 0.2) is 0 Å². The topological polar surface area (TPSA) is 29.5 Å². The third-order valence-corrected chi connectivity index (χ3v) is 4.06. The molecule has 1 unspecified atom stereocenters. The van der Waals surface area contributed by atoms with Crippen LogP contribution in [0.15, 0.2) is 15.2 Å². The van der Waals surface area contributed by atoms with Gasteiger partial charge in [0.05, 0.1) is 15.5 Å². The number of rotatable bonds is 1. The van der Waals surface area contributed by atoms with E-state index in [9.17, 15) is 4.79 Å². The predicted molar refractivity (Wildman–Crippen MR) is 68.0 cm³/mol. The van der Waals surface area contributed by atoms with Crippen molar-refractivity contribution < 1.29 is 9.53 Å². The van der Waals surface area contributed by atoms with Crippen LogP contribution < -0.4 is 0 Å². The molecule has 1 amide bonds. The highest BCUT2D eigenvalue weighted by Gasteiger charge is 2.21. The molecule has 0 aliphatic carbocycles. The average molecular weight is 304 g/mol. The fourth-order valence-corrected chi connectivity index (χ4v) is 2.91. The minimum Gasteiger partial charge on any atom is -0.377 e. The Morgan fingerprint density at radius 1 is 1.69 bits per heavy atom. The minimum absolute atomic E-state index is 0.110. The lowest BCUT2D eigenvalue weighted by atomic mass is 10.2. The third-order valence-electron chi connectivity index (χ3n) is 2.55. The second-order valence-electron chi connectivity index (χ2n) is 3.93. The summed E-state index contributed by atoms with van der Waals surface area (Å²) in [5.41, 5.74) is 0.769. The van der Waals surface area contributed by atoms with E-state index < -0.39 is 0 Å². The van der Waals surface area contributed by atoms with Crippen LogP contribution in [-0.2, 0) is 4.74 Å². The summed E-state index contributed by atoms with van der Waals surface area (Å²) in [5, 5.41) is 1.89. The molecule has 1 atom stereocenters. The Kier molecular flexibility index (Phi) is 4.00. The Morgan fingerprint density at radius 3 is 3.19 bits per heavy atom. The smallest absolute Gasteiger partial charge is 0.254 e. The zero-order valence-electron chi connectivity index (χ0n) is 9.11. The SMILES string of the molecule is CC1CN(C(=O)c2csc(Br)c2)CCCO1. The van der Waals surface area contributed by atoms with Crippen molar-refractivity contribution in [1.29, 1.82) is 0 Å². The normalized spacial score (nSPS) is 21.9. The fraction of sp³-hybridized carbons (Fsp3) is 0.545. The first kappa shape index (κ1) is 12.1. The van der Waals surface area contributed by atoms with Gasteiger partial charge in [-0.1, -0.05) is 0 Å². The molecular weight excluding hydrogens is 290 g/mol. The van der Waals surface area contributed by atoms with Gasteiger partial charge in [0, 0.05) is 25.1 Å². The lowest BCUT2D eigenvalue weighted by Gasteiger charge is -2.21. The number of hydrogen-bond acceptors (Lipinski definition) is 3. The second kappa shape index (κ2) is 5.29. The van der Waals surface area contributed by atoms with Gasteiger partial charge >= 0.3 is 0 Å². The lowest BCUT2D eigenvalue weighted by molar-refractivity contribution is 0.0563. The van der Waals surface area contributed by atoms with E-state index in [2.05, 4.69) is 15.9 Å². The van der Waals surface area contributed by atoms with Gasteiger partial charge in [-0.2, -0.15) is 0 Å². The van der Waals surface area contributed by atoms with Crippen LogP contribution in [0.3, 0.4) is 0 Å². The Bertz CT molecular complexity index is 380. The van der Waals surface area contributed by atoms with Gasteiger partial charge in [0.25, 0.3) is 5.91 Å². The number of nitrogens with zero attached hydrogens (tertiary/aromatic N) is 1. The van der Waals surface area contributed by atoms with E-state index in [0.717, 1.165) is 28.9 Å². The van der Waals surface area contributed by atoms with E-state index in [1.807, 2.05) is 23.3 Å². The van der Waals surface area contributed by atoms with Crippen molar-refractivity contribution in [2.24, 2.45) is 0 Å². The summed E-state index contributed by atoms with van der Waals surface area (Å²) < 4.78 is 6.52. The summed E-state index contributed by atoms with van der Waals surface area (Å²) in [6.45, 7) is 4.23. The molecule has 1 fully saturated rings. The van der Waals surface area contributed by atoms with Crippen LogP contribution in [0.4, 0.5) is 0 Å². The summed E-state index contributed by atoms with van der Waals surface area (Å²) in [6.07, 6.45) is 1.05. The summed E-state index contributed by atoms with van der Waals surface area (Å²) >= 11 is 4.92. The molecule has 1 aliphatic heterocycles.